The molecule has 116 valence electrons. The average molecular weight is 335 g/mol. The van der Waals surface area contributed by atoms with Gasteiger partial charge in [0.2, 0.25) is 0 Å². The number of aryl methyl sites for hydroxylation is 1. The minimum Gasteiger partial charge on any atom is -0.366 e. The van der Waals surface area contributed by atoms with Crippen LogP contribution in [-0.4, -0.2) is 24.8 Å². The first-order valence-corrected chi connectivity index (χ1v) is 8.03. The lowest BCUT2D eigenvalue weighted by molar-refractivity contribution is 0.552. The van der Waals surface area contributed by atoms with Crippen molar-refractivity contribution in [2.45, 2.75) is 20.3 Å². The fraction of sp³-hybridized carbons (Fsp3) is 0.278. The van der Waals surface area contributed by atoms with Crippen LogP contribution >= 0.6 is 23.2 Å². The van der Waals surface area contributed by atoms with Gasteiger partial charge >= 0.3 is 0 Å². The summed E-state index contributed by atoms with van der Waals surface area (Å²) in [5.41, 5.74) is 4.16. The smallest absolute Gasteiger partial charge is 0.0910 e. The van der Waals surface area contributed by atoms with Gasteiger partial charge in [-0.1, -0.05) is 41.4 Å². The molecule has 0 aromatic heterocycles. The van der Waals surface area contributed by atoms with Crippen LogP contribution in [0.1, 0.15) is 23.6 Å². The minimum absolute atomic E-state index is 0.700. The van der Waals surface area contributed by atoms with E-state index >= 15 is 0 Å². The molecule has 2 aromatic carbocycles. The molecule has 0 N–H and O–H groups in total. The Balaban J connectivity index is 2.32. The number of hydrogen-bond donors (Lipinski definition) is 0. The van der Waals surface area contributed by atoms with Crippen molar-refractivity contribution < 1.29 is 0 Å². The summed E-state index contributed by atoms with van der Waals surface area (Å²) >= 11 is 12.6. The van der Waals surface area contributed by atoms with Crippen LogP contribution in [-0.2, 0) is 6.42 Å². The summed E-state index contributed by atoms with van der Waals surface area (Å²) < 4.78 is 0. The van der Waals surface area contributed by atoms with E-state index in [1.54, 1.807) is 0 Å². The molecular formula is C18H20Cl2N2. The molecule has 0 spiro atoms. The molecule has 0 atom stereocenters. The molecule has 0 aliphatic carbocycles. The third-order valence-electron chi connectivity index (χ3n) is 3.45. The standard InChI is InChI=1S/C18H20Cl2N2/c1-4-22(3)12-21-17-9-13(2)8-15(18(17)20)10-14-6-5-7-16(19)11-14/h5-9,11-12H,4,10H2,1-3H3. The van der Waals surface area contributed by atoms with Crippen LogP contribution in [0.5, 0.6) is 0 Å². The van der Waals surface area contributed by atoms with Gasteiger partial charge in [-0.2, -0.15) is 0 Å². The molecule has 0 saturated heterocycles. The lowest BCUT2D eigenvalue weighted by Gasteiger charge is -2.11. The molecule has 0 amide bonds. The second-order valence-electron chi connectivity index (χ2n) is 5.38. The van der Waals surface area contributed by atoms with Gasteiger partial charge < -0.3 is 4.90 Å². The average Bonchev–Trinajstić information content (AvgIpc) is 2.48. The Kier molecular flexibility index (Phi) is 5.87. The van der Waals surface area contributed by atoms with E-state index in [9.17, 15) is 0 Å². The number of halogens is 2. The predicted molar refractivity (Wildman–Crippen MR) is 96.9 cm³/mol. The number of benzene rings is 2. The van der Waals surface area contributed by atoms with Crippen LogP contribution in [0.15, 0.2) is 41.4 Å². The van der Waals surface area contributed by atoms with Crippen molar-refractivity contribution in [3.8, 4) is 0 Å². The zero-order valence-electron chi connectivity index (χ0n) is 13.1. The molecule has 0 bridgehead atoms. The van der Waals surface area contributed by atoms with Crippen LogP contribution in [0.25, 0.3) is 0 Å². The van der Waals surface area contributed by atoms with Crippen molar-refractivity contribution in [2.75, 3.05) is 13.6 Å². The fourth-order valence-corrected chi connectivity index (χ4v) is 2.59. The fourth-order valence-electron chi connectivity index (χ4n) is 2.16. The van der Waals surface area contributed by atoms with E-state index in [0.717, 1.165) is 40.4 Å². The Bertz CT molecular complexity index is 681. The summed E-state index contributed by atoms with van der Waals surface area (Å²) in [5.74, 6) is 0. The third-order valence-corrected chi connectivity index (χ3v) is 4.12. The maximum absolute atomic E-state index is 6.53. The van der Waals surface area contributed by atoms with Crippen LogP contribution < -0.4 is 0 Å². The molecule has 0 aliphatic rings. The van der Waals surface area contributed by atoms with Gasteiger partial charge in [0.1, 0.15) is 0 Å². The van der Waals surface area contributed by atoms with Crippen molar-refractivity contribution in [3.63, 3.8) is 0 Å². The van der Waals surface area contributed by atoms with Gasteiger partial charge in [-0.15, -0.1) is 0 Å². The molecule has 0 saturated carbocycles. The minimum atomic E-state index is 0.700. The Morgan fingerprint density at radius 1 is 1.18 bits per heavy atom. The summed E-state index contributed by atoms with van der Waals surface area (Å²) in [6.45, 7) is 5.04. The second kappa shape index (κ2) is 7.66. The highest BCUT2D eigenvalue weighted by Gasteiger charge is 2.08. The van der Waals surface area contributed by atoms with E-state index in [1.165, 1.54) is 0 Å². The zero-order valence-corrected chi connectivity index (χ0v) is 14.6. The highest BCUT2D eigenvalue weighted by atomic mass is 35.5. The third kappa shape index (κ3) is 4.49. The van der Waals surface area contributed by atoms with Crippen molar-refractivity contribution in [2.24, 2.45) is 4.99 Å². The van der Waals surface area contributed by atoms with E-state index < -0.39 is 0 Å². The van der Waals surface area contributed by atoms with E-state index in [2.05, 4.69) is 31.0 Å². The second-order valence-corrected chi connectivity index (χ2v) is 6.20. The summed E-state index contributed by atoms with van der Waals surface area (Å²) in [6, 6.07) is 12.0. The van der Waals surface area contributed by atoms with Crippen LogP contribution in [0.2, 0.25) is 10.0 Å². The topological polar surface area (TPSA) is 15.6 Å². The molecule has 0 radical (unpaired) electrons. The van der Waals surface area contributed by atoms with E-state index in [-0.39, 0.29) is 0 Å². The molecule has 0 unspecified atom stereocenters. The Morgan fingerprint density at radius 2 is 1.95 bits per heavy atom. The predicted octanol–water partition coefficient (Wildman–Crippen LogP) is 5.50. The molecule has 2 rings (SSSR count). The Morgan fingerprint density at radius 3 is 2.64 bits per heavy atom. The van der Waals surface area contributed by atoms with Crippen molar-refractivity contribution >= 4 is 35.2 Å². The molecule has 2 aromatic rings. The molecule has 0 fully saturated rings. The zero-order chi connectivity index (χ0) is 16.1. The quantitative estimate of drug-likeness (QED) is 0.520. The maximum Gasteiger partial charge on any atom is 0.0910 e. The van der Waals surface area contributed by atoms with Crippen LogP contribution in [0.3, 0.4) is 0 Å². The van der Waals surface area contributed by atoms with Gasteiger partial charge in [0.25, 0.3) is 0 Å². The molecule has 0 aliphatic heterocycles. The van der Waals surface area contributed by atoms with E-state index in [0.29, 0.717) is 5.02 Å². The number of hydrogen-bond acceptors (Lipinski definition) is 1. The Labute approximate surface area is 142 Å². The monoisotopic (exact) mass is 334 g/mol. The lowest BCUT2D eigenvalue weighted by Crippen LogP contribution is -2.14. The van der Waals surface area contributed by atoms with Gasteiger partial charge in [0.15, 0.2) is 0 Å². The highest BCUT2D eigenvalue weighted by Crippen LogP contribution is 2.32. The van der Waals surface area contributed by atoms with Crippen LogP contribution in [0, 0.1) is 6.92 Å². The van der Waals surface area contributed by atoms with Crippen molar-refractivity contribution in [1.29, 1.82) is 0 Å². The molecule has 4 heteroatoms. The molecule has 0 heterocycles. The summed E-state index contributed by atoms with van der Waals surface area (Å²) in [7, 11) is 1.99. The normalized spacial score (nSPS) is 11.1. The van der Waals surface area contributed by atoms with Crippen molar-refractivity contribution in [1.82, 2.24) is 4.90 Å². The van der Waals surface area contributed by atoms with Gasteiger partial charge in [0.05, 0.1) is 17.0 Å². The van der Waals surface area contributed by atoms with E-state index in [4.69, 9.17) is 23.2 Å². The first-order valence-electron chi connectivity index (χ1n) is 7.27. The van der Waals surface area contributed by atoms with Gasteiger partial charge in [-0.3, -0.25) is 0 Å². The molecule has 2 nitrogen and oxygen atoms in total. The SMILES string of the molecule is CCN(C)C=Nc1cc(C)cc(Cc2cccc(Cl)c2)c1Cl. The highest BCUT2D eigenvalue weighted by molar-refractivity contribution is 6.34. The number of rotatable bonds is 5. The first-order chi connectivity index (χ1) is 10.5. The maximum atomic E-state index is 6.53. The van der Waals surface area contributed by atoms with Crippen LogP contribution in [0.4, 0.5) is 5.69 Å². The van der Waals surface area contributed by atoms with Gasteiger partial charge in [-0.05, 0) is 55.2 Å². The van der Waals surface area contributed by atoms with Gasteiger partial charge in [0, 0.05) is 18.6 Å². The summed E-state index contributed by atoms with van der Waals surface area (Å²) in [4.78, 5) is 6.51. The van der Waals surface area contributed by atoms with Gasteiger partial charge in [-0.25, -0.2) is 4.99 Å². The number of aliphatic imine (C=N–C) groups is 1. The number of nitrogens with zero attached hydrogens (tertiary/aromatic N) is 2. The summed E-state index contributed by atoms with van der Waals surface area (Å²) in [5, 5.41) is 1.44. The summed E-state index contributed by atoms with van der Waals surface area (Å²) in [6.07, 6.45) is 2.55. The molecular weight excluding hydrogens is 315 g/mol. The Hall–Kier alpha value is -1.51. The van der Waals surface area contributed by atoms with Crippen molar-refractivity contribution in [3.05, 3.63) is 63.1 Å². The molecule has 22 heavy (non-hydrogen) atoms. The first kappa shape index (κ1) is 16.9. The largest absolute Gasteiger partial charge is 0.366 e. The van der Waals surface area contributed by atoms with E-state index in [1.807, 2.05) is 42.6 Å². The lowest BCUT2D eigenvalue weighted by atomic mass is 10.0.